The second kappa shape index (κ2) is 8.95. The first-order valence-electron chi connectivity index (χ1n) is 5.67. The lowest BCUT2D eigenvalue weighted by molar-refractivity contribution is -0.153. The van der Waals surface area contributed by atoms with Gasteiger partial charge in [-0.25, -0.2) is 4.79 Å². The highest BCUT2D eigenvalue weighted by Crippen LogP contribution is 2.08. The van der Waals surface area contributed by atoms with Crippen LogP contribution in [0.15, 0.2) is 0 Å². The number of aliphatic hydroxyl groups excluding tert-OH is 2. The molecule has 0 aliphatic rings. The first-order chi connectivity index (χ1) is 7.95. The molecule has 0 aromatic rings. The largest absolute Gasteiger partial charge is 0.479 e. The molecular weight excluding hydrogens is 228 g/mol. The smallest absolute Gasteiger partial charge is 0.335 e. The molecule has 0 saturated carbocycles. The highest BCUT2D eigenvalue weighted by Gasteiger charge is 2.22. The highest BCUT2D eigenvalue weighted by atomic mass is 16.5. The van der Waals surface area contributed by atoms with E-state index in [9.17, 15) is 14.7 Å². The Labute approximate surface area is 100 Å². The molecule has 0 radical (unpaired) electrons. The third kappa shape index (κ3) is 8.65. The molecule has 2 atom stereocenters. The number of carboxylic acid groups (broad SMARTS) is 1. The Kier molecular flexibility index (Phi) is 8.35. The van der Waals surface area contributed by atoms with E-state index in [2.05, 4.69) is 0 Å². The third-order valence-electron chi connectivity index (χ3n) is 2.32. The van der Waals surface area contributed by atoms with Crippen molar-refractivity contribution in [3.8, 4) is 0 Å². The molecule has 100 valence electrons. The zero-order chi connectivity index (χ0) is 13.3. The highest BCUT2D eigenvalue weighted by molar-refractivity contribution is 5.72. The molecule has 3 N–H and O–H groups in total. The van der Waals surface area contributed by atoms with Crippen LogP contribution >= 0.6 is 0 Å². The predicted molar refractivity (Wildman–Crippen MR) is 59.4 cm³/mol. The molecule has 6 nitrogen and oxygen atoms in total. The molecule has 0 rings (SSSR count). The molecule has 0 spiro atoms. The van der Waals surface area contributed by atoms with E-state index in [4.69, 9.17) is 14.9 Å². The molecule has 0 amide bonds. The van der Waals surface area contributed by atoms with E-state index < -0.39 is 18.2 Å². The van der Waals surface area contributed by atoms with Gasteiger partial charge in [0.2, 0.25) is 0 Å². The van der Waals surface area contributed by atoms with Crippen LogP contribution in [-0.4, -0.2) is 46.1 Å². The molecule has 0 heterocycles. The maximum Gasteiger partial charge on any atom is 0.335 e. The average Bonchev–Trinajstić information content (AvgIpc) is 2.25. The molecule has 0 aromatic carbocycles. The van der Waals surface area contributed by atoms with Crippen molar-refractivity contribution < 1.29 is 29.6 Å². The summed E-state index contributed by atoms with van der Waals surface area (Å²) in [5.74, 6) is -1.71. The number of esters is 1. The van der Waals surface area contributed by atoms with Crippen molar-refractivity contribution in [2.45, 2.75) is 51.2 Å². The van der Waals surface area contributed by atoms with Gasteiger partial charge in [-0.1, -0.05) is 19.3 Å². The predicted octanol–water partition coefficient (Wildman–Crippen LogP) is 0.306. The molecule has 2 unspecified atom stereocenters. The Bertz CT molecular complexity index is 240. The molecule has 0 bridgehead atoms. The molecule has 0 aliphatic carbocycles. The standard InChI is InChI=1S/C11H20O6/c1-8(12)17-7-5-3-2-4-6-9(13)10(14)11(15)16/h9-10,13-14H,2-7H2,1H3,(H,15,16). The van der Waals surface area contributed by atoms with Crippen LogP contribution in [0, 0.1) is 0 Å². The van der Waals surface area contributed by atoms with Crippen LogP contribution in [0.1, 0.15) is 39.0 Å². The fourth-order valence-corrected chi connectivity index (χ4v) is 1.35. The first-order valence-corrected chi connectivity index (χ1v) is 5.67. The van der Waals surface area contributed by atoms with Crippen LogP contribution in [0.25, 0.3) is 0 Å². The van der Waals surface area contributed by atoms with Gasteiger partial charge < -0.3 is 20.1 Å². The summed E-state index contributed by atoms with van der Waals surface area (Å²) in [6, 6.07) is 0. The van der Waals surface area contributed by atoms with Crippen molar-refractivity contribution in [3.63, 3.8) is 0 Å². The normalized spacial score (nSPS) is 14.1. The van der Waals surface area contributed by atoms with Gasteiger partial charge in [-0.2, -0.15) is 0 Å². The van der Waals surface area contributed by atoms with Crippen LogP contribution in [0.2, 0.25) is 0 Å². The fourth-order valence-electron chi connectivity index (χ4n) is 1.35. The number of hydrogen-bond donors (Lipinski definition) is 3. The lowest BCUT2D eigenvalue weighted by atomic mass is 10.1. The van der Waals surface area contributed by atoms with E-state index in [0.717, 1.165) is 19.3 Å². The summed E-state index contributed by atoms with van der Waals surface area (Å²) in [6.07, 6.45) is 0.328. The van der Waals surface area contributed by atoms with Gasteiger partial charge in [0, 0.05) is 6.92 Å². The van der Waals surface area contributed by atoms with Crippen molar-refractivity contribution >= 4 is 11.9 Å². The number of aliphatic carboxylic acids is 1. The summed E-state index contributed by atoms with van der Waals surface area (Å²) in [7, 11) is 0. The van der Waals surface area contributed by atoms with Gasteiger partial charge in [0.05, 0.1) is 12.7 Å². The molecular formula is C11H20O6. The molecule has 0 aromatic heterocycles. The minimum Gasteiger partial charge on any atom is -0.479 e. The van der Waals surface area contributed by atoms with Crippen molar-refractivity contribution in [2.24, 2.45) is 0 Å². The third-order valence-corrected chi connectivity index (χ3v) is 2.32. The summed E-state index contributed by atoms with van der Waals surface area (Å²) in [6.45, 7) is 1.74. The van der Waals surface area contributed by atoms with Crippen LogP contribution in [-0.2, 0) is 14.3 Å². The summed E-state index contributed by atoms with van der Waals surface area (Å²) in [4.78, 5) is 20.7. The van der Waals surface area contributed by atoms with Crippen LogP contribution in [0.3, 0.4) is 0 Å². The Hall–Kier alpha value is -1.14. The maximum absolute atomic E-state index is 10.4. The van der Waals surface area contributed by atoms with E-state index in [1.807, 2.05) is 0 Å². The molecule has 0 fully saturated rings. The summed E-state index contributed by atoms with van der Waals surface area (Å²) in [5, 5.41) is 26.7. The van der Waals surface area contributed by atoms with Gasteiger partial charge in [-0.15, -0.1) is 0 Å². The molecule has 0 aliphatic heterocycles. The first kappa shape index (κ1) is 15.9. The van der Waals surface area contributed by atoms with E-state index in [-0.39, 0.29) is 12.4 Å². The summed E-state index contributed by atoms with van der Waals surface area (Å²) >= 11 is 0. The minimum atomic E-state index is -1.71. The Morgan fingerprint density at radius 3 is 2.24 bits per heavy atom. The Morgan fingerprint density at radius 2 is 1.71 bits per heavy atom. The van der Waals surface area contributed by atoms with Crippen molar-refractivity contribution in [1.29, 1.82) is 0 Å². The van der Waals surface area contributed by atoms with Crippen molar-refractivity contribution in [3.05, 3.63) is 0 Å². The quantitative estimate of drug-likeness (QED) is 0.400. The second-order valence-electron chi connectivity index (χ2n) is 3.89. The lowest BCUT2D eigenvalue weighted by Crippen LogP contribution is -2.33. The average molecular weight is 248 g/mol. The van der Waals surface area contributed by atoms with Gasteiger partial charge >= 0.3 is 11.9 Å². The van der Waals surface area contributed by atoms with Gasteiger partial charge in [0.15, 0.2) is 6.10 Å². The van der Waals surface area contributed by atoms with E-state index >= 15 is 0 Å². The minimum absolute atomic E-state index is 0.251. The van der Waals surface area contributed by atoms with Crippen LogP contribution < -0.4 is 0 Å². The van der Waals surface area contributed by atoms with E-state index in [0.29, 0.717) is 13.0 Å². The van der Waals surface area contributed by atoms with Crippen LogP contribution in [0.5, 0.6) is 0 Å². The van der Waals surface area contributed by atoms with Crippen molar-refractivity contribution in [2.75, 3.05) is 6.61 Å². The topological polar surface area (TPSA) is 104 Å². The van der Waals surface area contributed by atoms with Gasteiger partial charge in [0.25, 0.3) is 0 Å². The molecule has 6 heteroatoms. The molecule has 0 saturated heterocycles. The number of carbonyl (C=O) groups is 2. The number of unbranched alkanes of at least 4 members (excludes halogenated alkanes) is 3. The van der Waals surface area contributed by atoms with Crippen LogP contribution in [0.4, 0.5) is 0 Å². The Balaban J connectivity index is 3.39. The summed E-state index contributed by atoms with van der Waals surface area (Å²) in [5.41, 5.74) is 0. The van der Waals surface area contributed by atoms with Crippen molar-refractivity contribution in [1.82, 2.24) is 0 Å². The zero-order valence-electron chi connectivity index (χ0n) is 9.96. The SMILES string of the molecule is CC(=O)OCCCCCCC(O)C(O)C(=O)O. The lowest BCUT2D eigenvalue weighted by Gasteiger charge is -2.13. The number of rotatable bonds is 9. The van der Waals surface area contributed by atoms with E-state index in [1.54, 1.807) is 0 Å². The van der Waals surface area contributed by atoms with Gasteiger partial charge in [-0.05, 0) is 12.8 Å². The number of carboxylic acids is 1. The second-order valence-corrected chi connectivity index (χ2v) is 3.89. The fraction of sp³-hybridized carbons (Fsp3) is 0.818. The number of ether oxygens (including phenoxy) is 1. The van der Waals surface area contributed by atoms with Gasteiger partial charge in [0.1, 0.15) is 0 Å². The Morgan fingerprint density at radius 1 is 1.12 bits per heavy atom. The monoisotopic (exact) mass is 248 g/mol. The molecule has 17 heavy (non-hydrogen) atoms. The number of carbonyl (C=O) groups excluding carboxylic acids is 1. The maximum atomic E-state index is 10.4. The summed E-state index contributed by atoms with van der Waals surface area (Å²) < 4.78 is 4.73. The van der Waals surface area contributed by atoms with Gasteiger partial charge in [-0.3, -0.25) is 4.79 Å². The number of hydrogen-bond acceptors (Lipinski definition) is 5. The van der Waals surface area contributed by atoms with E-state index in [1.165, 1.54) is 6.92 Å². The number of aliphatic hydroxyl groups is 2. The zero-order valence-corrected chi connectivity index (χ0v) is 9.96.